The van der Waals surface area contributed by atoms with E-state index in [1.54, 1.807) is 0 Å². The number of hydrogen-bond acceptors (Lipinski definition) is 3. The third kappa shape index (κ3) is 3.08. The molecule has 0 aromatic carbocycles. The SMILES string of the molecule is CC12CCC(CC1=O)C2(C)C.CC12CCC(CC1=O)C2(C)C.CC12CCC(CC1=O)C2(C)C. The van der Waals surface area contributed by atoms with Crippen LogP contribution in [0, 0.1) is 50.2 Å². The summed E-state index contributed by atoms with van der Waals surface area (Å²) in [6, 6.07) is 0. The van der Waals surface area contributed by atoms with Crippen LogP contribution in [-0.4, -0.2) is 17.3 Å². The maximum atomic E-state index is 11.6. The highest BCUT2D eigenvalue weighted by atomic mass is 16.1. The largest absolute Gasteiger partial charge is 0.299 e. The maximum Gasteiger partial charge on any atom is 0.139 e. The fourth-order valence-electron chi connectivity index (χ4n) is 8.70. The molecule has 3 nitrogen and oxygen atoms in total. The van der Waals surface area contributed by atoms with Gasteiger partial charge >= 0.3 is 0 Å². The van der Waals surface area contributed by atoms with Gasteiger partial charge in [0.15, 0.2) is 0 Å². The van der Waals surface area contributed by atoms with E-state index in [1.165, 1.54) is 19.3 Å². The molecule has 6 rings (SSSR count). The van der Waals surface area contributed by atoms with E-state index in [0.717, 1.165) is 38.5 Å². The predicted octanol–water partition coefficient (Wildman–Crippen LogP) is 7.21. The van der Waals surface area contributed by atoms with Crippen molar-refractivity contribution in [2.45, 2.75) is 120 Å². The average molecular weight is 457 g/mol. The van der Waals surface area contributed by atoms with Crippen molar-refractivity contribution in [2.75, 3.05) is 0 Å². The van der Waals surface area contributed by atoms with Gasteiger partial charge in [0.05, 0.1) is 0 Å². The highest BCUT2D eigenvalue weighted by Gasteiger charge is 2.62. The van der Waals surface area contributed by atoms with Crippen LogP contribution in [0.15, 0.2) is 0 Å². The first-order chi connectivity index (χ1) is 14.9. The molecule has 6 saturated carbocycles. The first-order valence-electron chi connectivity index (χ1n) is 13.5. The molecule has 0 spiro atoms. The van der Waals surface area contributed by atoms with Crippen molar-refractivity contribution in [1.29, 1.82) is 0 Å². The van der Waals surface area contributed by atoms with Crippen LogP contribution < -0.4 is 0 Å². The van der Waals surface area contributed by atoms with Crippen LogP contribution in [0.4, 0.5) is 0 Å². The fraction of sp³-hybridized carbons (Fsp3) is 0.900. The molecule has 6 aliphatic rings. The lowest BCUT2D eigenvalue weighted by Crippen LogP contribution is -2.32. The molecule has 0 N–H and O–H groups in total. The quantitative estimate of drug-likeness (QED) is 0.387. The number of carbonyl (C=O) groups is 3. The lowest BCUT2D eigenvalue weighted by Gasteiger charge is -2.32. The van der Waals surface area contributed by atoms with Gasteiger partial charge in [-0.15, -0.1) is 0 Å². The van der Waals surface area contributed by atoms with Gasteiger partial charge in [-0.25, -0.2) is 0 Å². The second-order valence-corrected chi connectivity index (χ2v) is 14.8. The van der Waals surface area contributed by atoms with Gasteiger partial charge < -0.3 is 0 Å². The van der Waals surface area contributed by atoms with Crippen LogP contribution in [0.2, 0.25) is 0 Å². The summed E-state index contributed by atoms with van der Waals surface area (Å²) in [4.78, 5) is 34.7. The lowest BCUT2D eigenvalue weighted by atomic mass is 9.70. The summed E-state index contributed by atoms with van der Waals surface area (Å²) in [5.41, 5.74) is 0.922. The summed E-state index contributed by atoms with van der Waals surface area (Å²) in [7, 11) is 0. The average Bonchev–Trinajstić information content (AvgIpc) is 3.34. The Bertz CT molecular complexity index is 765. The molecule has 0 heterocycles. The van der Waals surface area contributed by atoms with E-state index in [0.29, 0.717) is 35.1 Å². The summed E-state index contributed by atoms with van der Waals surface area (Å²) < 4.78 is 0. The highest BCUT2D eigenvalue weighted by molar-refractivity contribution is 5.90. The van der Waals surface area contributed by atoms with Gasteiger partial charge in [0, 0.05) is 35.5 Å². The standard InChI is InChI=1S/3C10H16O/c3*1-9(2)7-4-5-10(9,3)8(11)6-7/h3*7H,4-6H2,1-3H3. The fourth-order valence-corrected chi connectivity index (χ4v) is 8.70. The molecule has 3 heteroatoms. The minimum Gasteiger partial charge on any atom is -0.299 e. The van der Waals surface area contributed by atoms with Crippen molar-refractivity contribution in [3.05, 3.63) is 0 Å². The van der Waals surface area contributed by atoms with E-state index in [9.17, 15) is 14.4 Å². The molecular weight excluding hydrogens is 408 g/mol. The second-order valence-electron chi connectivity index (χ2n) is 14.8. The molecule has 6 atom stereocenters. The van der Waals surface area contributed by atoms with Gasteiger partial charge in [0.25, 0.3) is 0 Å². The van der Waals surface area contributed by atoms with Gasteiger partial charge in [-0.3, -0.25) is 14.4 Å². The number of Topliss-reactive ketones (excluding diaryl/α,β-unsaturated/α-hetero) is 3. The topological polar surface area (TPSA) is 51.2 Å². The van der Waals surface area contributed by atoms with Gasteiger partial charge in [-0.05, 0) is 72.5 Å². The zero-order valence-electron chi connectivity index (χ0n) is 22.8. The Hall–Kier alpha value is -0.990. The number of fused-ring (bicyclic) bond motifs is 6. The Morgan fingerprint density at radius 1 is 0.455 bits per heavy atom. The van der Waals surface area contributed by atoms with E-state index < -0.39 is 0 Å². The van der Waals surface area contributed by atoms with Gasteiger partial charge in [-0.2, -0.15) is 0 Å². The molecule has 0 saturated heterocycles. The molecule has 0 aromatic heterocycles. The van der Waals surface area contributed by atoms with E-state index >= 15 is 0 Å². The minimum atomic E-state index is 0.0255. The monoisotopic (exact) mass is 456 g/mol. The Labute approximate surface area is 202 Å². The van der Waals surface area contributed by atoms with Crippen molar-refractivity contribution in [3.8, 4) is 0 Å². The summed E-state index contributed by atoms with van der Waals surface area (Å²) in [6.07, 6.45) is 9.76. The Morgan fingerprint density at radius 2 is 0.667 bits per heavy atom. The Balaban J connectivity index is 0.000000118. The van der Waals surface area contributed by atoms with E-state index in [1.807, 2.05) is 0 Å². The first kappa shape index (κ1) is 25.1. The van der Waals surface area contributed by atoms with Crippen LogP contribution >= 0.6 is 0 Å². The molecule has 186 valence electrons. The van der Waals surface area contributed by atoms with Crippen LogP contribution in [0.3, 0.4) is 0 Å². The molecule has 0 aliphatic heterocycles. The molecule has 6 bridgehead atoms. The Kier molecular flexibility index (Phi) is 5.53. The summed E-state index contributed by atoms with van der Waals surface area (Å²) in [5, 5.41) is 0. The van der Waals surface area contributed by atoms with E-state index in [-0.39, 0.29) is 32.5 Å². The molecule has 0 radical (unpaired) electrons. The first-order valence-corrected chi connectivity index (χ1v) is 13.5. The van der Waals surface area contributed by atoms with Crippen LogP contribution in [0.1, 0.15) is 120 Å². The zero-order chi connectivity index (χ0) is 24.8. The van der Waals surface area contributed by atoms with Crippen LogP contribution in [0.5, 0.6) is 0 Å². The third-order valence-corrected chi connectivity index (χ3v) is 13.4. The maximum absolute atomic E-state index is 11.6. The lowest BCUT2D eigenvalue weighted by molar-refractivity contribution is -0.129. The molecular formula is C30H48O3. The molecule has 0 aromatic rings. The van der Waals surface area contributed by atoms with Crippen molar-refractivity contribution in [3.63, 3.8) is 0 Å². The zero-order valence-corrected chi connectivity index (χ0v) is 22.8. The summed E-state index contributed by atoms with van der Waals surface area (Å²) >= 11 is 0. The summed E-state index contributed by atoms with van der Waals surface area (Å²) in [6.45, 7) is 20.0. The molecule has 6 aliphatic carbocycles. The summed E-state index contributed by atoms with van der Waals surface area (Å²) in [5.74, 6) is 3.58. The van der Waals surface area contributed by atoms with E-state index in [2.05, 4.69) is 62.3 Å². The number of carbonyl (C=O) groups excluding carboxylic acids is 3. The number of rotatable bonds is 0. The highest BCUT2D eigenvalue weighted by Crippen LogP contribution is 2.65. The van der Waals surface area contributed by atoms with Crippen molar-refractivity contribution in [2.24, 2.45) is 50.2 Å². The van der Waals surface area contributed by atoms with Crippen molar-refractivity contribution in [1.82, 2.24) is 0 Å². The van der Waals surface area contributed by atoms with Crippen LogP contribution in [0.25, 0.3) is 0 Å². The van der Waals surface area contributed by atoms with Crippen molar-refractivity contribution >= 4 is 17.3 Å². The normalized spacial score (nSPS) is 46.8. The molecule has 6 unspecified atom stereocenters. The minimum absolute atomic E-state index is 0.0255. The second kappa shape index (κ2) is 7.26. The van der Waals surface area contributed by atoms with Crippen LogP contribution in [-0.2, 0) is 14.4 Å². The van der Waals surface area contributed by atoms with E-state index in [4.69, 9.17) is 0 Å². The smallest absolute Gasteiger partial charge is 0.139 e. The Morgan fingerprint density at radius 3 is 0.727 bits per heavy atom. The van der Waals surface area contributed by atoms with Gasteiger partial charge in [0.1, 0.15) is 17.3 Å². The number of hydrogen-bond donors (Lipinski definition) is 0. The third-order valence-electron chi connectivity index (χ3n) is 13.4. The molecule has 0 amide bonds. The predicted molar refractivity (Wildman–Crippen MR) is 133 cm³/mol. The number of ketones is 3. The van der Waals surface area contributed by atoms with Crippen molar-refractivity contribution < 1.29 is 14.4 Å². The molecule has 33 heavy (non-hydrogen) atoms. The van der Waals surface area contributed by atoms with Gasteiger partial charge in [-0.1, -0.05) is 62.3 Å². The molecule has 6 fully saturated rings. The van der Waals surface area contributed by atoms with Gasteiger partial charge in [0.2, 0.25) is 0 Å².